The molecule has 9 nitrogen and oxygen atoms in total. The summed E-state index contributed by atoms with van der Waals surface area (Å²) in [6, 6.07) is 12.3. The third-order valence-electron chi connectivity index (χ3n) is 5.11. The minimum atomic E-state index is -0.792. The maximum Gasteiger partial charge on any atom is 0.353 e. The summed E-state index contributed by atoms with van der Waals surface area (Å²) in [7, 11) is 4.47. The van der Waals surface area contributed by atoms with Crippen molar-refractivity contribution in [3.05, 3.63) is 78.1 Å². The maximum atomic E-state index is 13.0. The number of nitrogens with zero attached hydrogens (tertiary/aromatic N) is 2. The van der Waals surface area contributed by atoms with E-state index in [0.717, 1.165) is 16.7 Å². The highest BCUT2D eigenvalue weighted by atomic mass is 16.5. The van der Waals surface area contributed by atoms with Gasteiger partial charge in [-0.05, 0) is 34.9 Å². The van der Waals surface area contributed by atoms with Gasteiger partial charge in [0.2, 0.25) is 0 Å². The molecule has 0 bridgehead atoms. The first kappa shape index (κ1) is 23.3. The van der Waals surface area contributed by atoms with Gasteiger partial charge in [0.15, 0.2) is 0 Å². The van der Waals surface area contributed by atoms with Crippen molar-refractivity contribution in [2.45, 2.75) is 6.54 Å². The second-order valence-corrected chi connectivity index (χ2v) is 7.50. The van der Waals surface area contributed by atoms with Crippen molar-refractivity contribution in [1.29, 1.82) is 0 Å². The molecular formula is C24H24N4O5. The molecule has 2 N–H and O–H groups in total. The number of hydrogen-bond donors (Lipinski definition) is 2. The summed E-state index contributed by atoms with van der Waals surface area (Å²) in [6.07, 6.45) is 0. The lowest BCUT2D eigenvalue weighted by atomic mass is 9.97. The van der Waals surface area contributed by atoms with Gasteiger partial charge in [0.1, 0.15) is 11.4 Å². The zero-order valence-corrected chi connectivity index (χ0v) is 18.6. The van der Waals surface area contributed by atoms with Gasteiger partial charge in [-0.2, -0.15) is 0 Å². The van der Waals surface area contributed by atoms with E-state index in [9.17, 15) is 19.2 Å². The van der Waals surface area contributed by atoms with Crippen LogP contribution in [-0.2, 0) is 20.9 Å². The van der Waals surface area contributed by atoms with Gasteiger partial charge in [-0.15, -0.1) is 0 Å². The number of carbonyl (C=O) groups excluding carboxylic acids is 4. The number of urea groups is 1. The number of rotatable bonds is 6. The van der Waals surface area contributed by atoms with Gasteiger partial charge in [0, 0.05) is 25.3 Å². The minimum absolute atomic E-state index is 0.117. The van der Waals surface area contributed by atoms with Crippen molar-refractivity contribution in [2.75, 3.05) is 26.5 Å². The van der Waals surface area contributed by atoms with E-state index in [1.807, 2.05) is 18.2 Å². The van der Waals surface area contributed by atoms with Gasteiger partial charge in [-0.25, -0.2) is 9.59 Å². The van der Waals surface area contributed by atoms with Crippen LogP contribution in [0.2, 0.25) is 0 Å². The van der Waals surface area contributed by atoms with Crippen molar-refractivity contribution in [2.24, 2.45) is 0 Å². The number of nitrogens with one attached hydrogen (secondary N) is 2. The number of benzene rings is 2. The summed E-state index contributed by atoms with van der Waals surface area (Å²) in [4.78, 5) is 51.4. The molecule has 0 saturated heterocycles. The van der Waals surface area contributed by atoms with Crippen LogP contribution >= 0.6 is 0 Å². The van der Waals surface area contributed by atoms with E-state index in [2.05, 4.69) is 28.5 Å². The van der Waals surface area contributed by atoms with Crippen LogP contribution in [0.15, 0.2) is 67.0 Å². The van der Waals surface area contributed by atoms with Crippen LogP contribution in [0, 0.1) is 0 Å². The SMILES string of the molecule is C=C(NC(=O)C(=C)N1Cc2c(cccc2-c2ccc(NC(=O)N(C)C)cc2)C1=O)C(=O)OC. The quantitative estimate of drug-likeness (QED) is 0.522. The zero-order chi connectivity index (χ0) is 24.3. The lowest BCUT2D eigenvalue weighted by molar-refractivity contribution is -0.137. The normalized spacial score (nSPS) is 12.0. The Morgan fingerprint density at radius 2 is 1.67 bits per heavy atom. The number of hydrogen-bond acceptors (Lipinski definition) is 5. The number of esters is 1. The molecule has 0 aliphatic carbocycles. The van der Waals surface area contributed by atoms with Crippen LogP contribution in [0.4, 0.5) is 10.5 Å². The monoisotopic (exact) mass is 448 g/mol. The molecule has 4 amide bonds. The summed E-state index contributed by atoms with van der Waals surface area (Å²) >= 11 is 0. The van der Waals surface area contributed by atoms with E-state index in [0.29, 0.717) is 11.3 Å². The highest BCUT2D eigenvalue weighted by Crippen LogP contribution is 2.34. The number of amides is 4. The second-order valence-electron chi connectivity index (χ2n) is 7.50. The molecule has 170 valence electrons. The topological polar surface area (TPSA) is 108 Å². The predicted molar refractivity (Wildman–Crippen MR) is 123 cm³/mol. The molecule has 2 aromatic carbocycles. The van der Waals surface area contributed by atoms with Crippen LogP contribution in [0.5, 0.6) is 0 Å². The van der Waals surface area contributed by atoms with Gasteiger partial charge in [0.05, 0.1) is 13.7 Å². The summed E-state index contributed by atoms with van der Waals surface area (Å²) in [5, 5.41) is 5.06. The lowest BCUT2D eigenvalue weighted by Crippen LogP contribution is -2.36. The second kappa shape index (κ2) is 9.39. The Bertz CT molecular complexity index is 1170. The van der Waals surface area contributed by atoms with E-state index in [4.69, 9.17) is 0 Å². The fourth-order valence-electron chi connectivity index (χ4n) is 3.30. The smallest absolute Gasteiger partial charge is 0.353 e. The molecule has 3 rings (SSSR count). The van der Waals surface area contributed by atoms with E-state index < -0.39 is 11.9 Å². The Labute approximate surface area is 191 Å². The highest BCUT2D eigenvalue weighted by molar-refractivity contribution is 6.07. The molecule has 0 atom stereocenters. The molecular weight excluding hydrogens is 424 g/mol. The summed E-state index contributed by atoms with van der Waals surface area (Å²) in [5.41, 5.74) is 3.13. The zero-order valence-electron chi connectivity index (χ0n) is 18.6. The third kappa shape index (κ3) is 4.77. The molecule has 9 heteroatoms. The molecule has 1 aliphatic rings. The van der Waals surface area contributed by atoms with Gasteiger partial charge >= 0.3 is 12.0 Å². The predicted octanol–water partition coefficient (Wildman–Crippen LogP) is 2.72. The summed E-state index contributed by atoms with van der Waals surface area (Å²) < 4.78 is 4.51. The largest absolute Gasteiger partial charge is 0.464 e. The number of carbonyl (C=O) groups is 4. The minimum Gasteiger partial charge on any atom is -0.464 e. The average Bonchev–Trinajstić information content (AvgIpc) is 3.14. The first-order valence-corrected chi connectivity index (χ1v) is 9.94. The molecule has 1 aliphatic heterocycles. The number of fused-ring (bicyclic) bond motifs is 1. The molecule has 0 fully saturated rings. The van der Waals surface area contributed by atoms with E-state index in [-0.39, 0.29) is 29.9 Å². The Morgan fingerprint density at radius 3 is 2.27 bits per heavy atom. The van der Waals surface area contributed by atoms with Crippen molar-refractivity contribution < 1.29 is 23.9 Å². The molecule has 33 heavy (non-hydrogen) atoms. The van der Waals surface area contributed by atoms with Crippen LogP contribution < -0.4 is 10.6 Å². The molecule has 0 saturated carbocycles. The Kier molecular flexibility index (Phi) is 6.62. The molecule has 0 aromatic heterocycles. The van der Waals surface area contributed by atoms with E-state index in [1.54, 1.807) is 38.4 Å². The molecule has 0 radical (unpaired) electrons. The number of anilines is 1. The van der Waals surface area contributed by atoms with E-state index in [1.165, 1.54) is 16.9 Å². The molecule has 2 aromatic rings. The summed E-state index contributed by atoms with van der Waals surface area (Å²) in [6.45, 7) is 7.30. The van der Waals surface area contributed by atoms with Gasteiger partial charge in [0.25, 0.3) is 11.8 Å². The van der Waals surface area contributed by atoms with Crippen molar-refractivity contribution in [3.63, 3.8) is 0 Å². The Morgan fingerprint density at radius 1 is 1.03 bits per heavy atom. The van der Waals surface area contributed by atoms with Crippen LogP contribution in [-0.4, -0.2) is 54.8 Å². The number of ether oxygens (including phenoxy) is 1. The summed E-state index contributed by atoms with van der Waals surface area (Å²) in [5.74, 6) is -1.89. The molecule has 0 spiro atoms. The standard InChI is InChI=1S/C24H24N4O5/c1-14(23(31)33-5)25-21(29)15(2)28-13-20-18(7-6-8-19(20)22(28)30)16-9-11-17(12-10-16)26-24(32)27(3)4/h6-12H,1-2,13H2,3-5H3,(H,25,29)(H,26,32). The van der Waals surface area contributed by atoms with E-state index >= 15 is 0 Å². The molecule has 1 heterocycles. The van der Waals surface area contributed by atoms with Gasteiger partial charge in [-0.3, -0.25) is 14.5 Å². The Hall–Kier alpha value is -4.40. The first-order valence-electron chi connectivity index (χ1n) is 9.94. The third-order valence-corrected chi connectivity index (χ3v) is 5.11. The molecule has 0 unspecified atom stereocenters. The van der Waals surface area contributed by atoms with Gasteiger partial charge in [-0.1, -0.05) is 37.4 Å². The maximum absolute atomic E-state index is 13.0. The van der Waals surface area contributed by atoms with Crippen molar-refractivity contribution in [3.8, 4) is 11.1 Å². The van der Waals surface area contributed by atoms with Crippen LogP contribution in [0.25, 0.3) is 11.1 Å². The number of methoxy groups -OCH3 is 1. The highest BCUT2D eigenvalue weighted by Gasteiger charge is 2.33. The Balaban J connectivity index is 1.81. The average molecular weight is 448 g/mol. The van der Waals surface area contributed by atoms with Crippen molar-refractivity contribution >= 4 is 29.5 Å². The fraction of sp³-hybridized carbons (Fsp3) is 0.167. The fourth-order valence-corrected chi connectivity index (χ4v) is 3.30. The first-order chi connectivity index (χ1) is 15.6. The van der Waals surface area contributed by atoms with Crippen LogP contribution in [0.3, 0.4) is 0 Å². The van der Waals surface area contributed by atoms with Gasteiger partial charge < -0.3 is 20.3 Å². The van der Waals surface area contributed by atoms with Crippen molar-refractivity contribution in [1.82, 2.24) is 15.1 Å². The lowest BCUT2D eigenvalue weighted by Gasteiger charge is -2.18. The van der Waals surface area contributed by atoms with Crippen LogP contribution in [0.1, 0.15) is 15.9 Å².